The highest BCUT2D eigenvalue weighted by atomic mass is 16.3. The minimum Gasteiger partial charge on any atom is -0.389 e. The Morgan fingerprint density at radius 3 is 1.49 bits per heavy atom. The standard InChI is InChI=1S/C36H50O/c1-3-4-5-6-7-8-9-10-11-12-13-14-15-16-17-18-19-29-20-21-30-24-27-34-32(28(2)37)25-22-31-23-26-33(29)35(30)36(31)34/h20-28,37H,3-19H2,1-2H3. The van der Waals surface area contributed by atoms with E-state index in [1.807, 2.05) is 6.92 Å². The maximum absolute atomic E-state index is 10.3. The van der Waals surface area contributed by atoms with E-state index >= 15 is 0 Å². The first-order valence-corrected chi connectivity index (χ1v) is 15.6. The molecule has 37 heavy (non-hydrogen) atoms. The van der Waals surface area contributed by atoms with Gasteiger partial charge in [0.25, 0.3) is 0 Å². The van der Waals surface area contributed by atoms with E-state index in [0.717, 1.165) is 12.0 Å². The zero-order chi connectivity index (χ0) is 25.9. The van der Waals surface area contributed by atoms with Gasteiger partial charge in [0, 0.05) is 0 Å². The fourth-order valence-corrected chi connectivity index (χ4v) is 6.33. The number of aliphatic hydroxyl groups is 1. The second-order valence-corrected chi connectivity index (χ2v) is 11.5. The van der Waals surface area contributed by atoms with E-state index in [4.69, 9.17) is 0 Å². The lowest BCUT2D eigenvalue weighted by Gasteiger charge is -2.17. The Kier molecular flexibility index (Phi) is 11.1. The van der Waals surface area contributed by atoms with Crippen LogP contribution in [-0.4, -0.2) is 5.11 Å². The van der Waals surface area contributed by atoms with Crippen LogP contribution in [0.3, 0.4) is 0 Å². The molecule has 1 atom stereocenters. The molecule has 0 bridgehead atoms. The zero-order valence-electron chi connectivity index (χ0n) is 23.7. The molecule has 200 valence electrons. The molecule has 0 fully saturated rings. The smallest absolute Gasteiger partial charge is 0.0767 e. The third-order valence-corrected chi connectivity index (χ3v) is 8.54. The van der Waals surface area contributed by atoms with E-state index in [0.29, 0.717) is 0 Å². The molecule has 0 aliphatic rings. The maximum Gasteiger partial charge on any atom is 0.0767 e. The van der Waals surface area contributed by atoms with Gasteiger partial charge in [0.2, 0.25) is 0 Å². The molecule has 1 heteroatoms. The van der Waals surface area contributed by atoms with E-state index < -0.39 is 6.10 Å². The van der Waals surface area contributed by atoms with Crippen molar-refractivity contribution in [3.8, 4) is 0 Å². The molecule has 0 aromatic heterocycles. The van der Waals surface area contributed by atoms with Crippen LogP contribution in [0.1, 0.15) is 134 Å². The summed E-state index contributed by atoms with van der Waals surface area (Å²) in [5, 5.41) is 18.2. The van der Waals surface area contributed by atoms with Crippen LogP contribution < -0.4 is 0 Å². The van der Waals surface area contributed by atoms with Crippen molar-refractivity contribution in [1.82, 2.24) is 0 Å². The van der Waals surface area contributed by atoms with Crippen molar-refractivity contribution in [3.63, 3.8) is 0 Å². The quantitative estimate of drug-likeness (QED) is 0.107. The monoisotopic (exact) mass is 498 g/mol. The van der Waals surface area contributed by atoms with Crippen molar-refractivity contribution in [2.45, 2.75) is 129 Å². The number of hydrogen-bond acceptors (Lipinski definition) is 1. The molecule has 0 amide bonds. The first-order valence-electron chi connectivity index (χ1n) is 15.6. The molecule has 4 aromatic rings. The van der Waals surface area contributed by atoms with Gasteiger partial charge in [-0.15, -0.1) is 0 Å². The Morgan fingerprint density at radius 2 is 0.946 bits per heavy atom. The molecule has 1 nitrogen and oxygen atoms in total. The molecule has 0 aliphatic heterocycles. The van der Waals surface area contributed by atoms with Gasteiger partial charge in [-0.25, -0.2) is 0 Å². The summed E-state index contributed by atoms with van der Waals surface area (Å²) in [5.41, 5.74) is 2.51. The van der Waals surface area contributed by atoms with Gasteiger partial charge >= 0.3 is 0 Å². The van der Waals surface area contributed by atoms with Crippen molar-refractivity contribution >= 4 is 32.3 Å². The van der Waals surface area contributed by atoms with Gasteiger partial charge in [-0.05, 0) is 63.2 Å². The van der Waals surface area contributed by atoms with E-state index in [1.165, 1.54) is 141 Å². The summed E-state index contributed by atoms with van der Waals surface area (Å²) < 4.78 is 0. The van der Waals surface area contributed by atoms with E-state index in [-0.39, 0.29) is 0 Å². The number of unbranched alkanes of at least 4 members (excludes halogenated alkanes) is 15. The number of rotatable bonds is 18. The van der Waals surface area contributed by atoms with E-state index in [9.17, 15) is 5.11 Å². The summed E-state index contributed by atoms with van der Waals surface area (Å²) >= 11 is 0. The molecule has 0 aliphatic carbocycles. The third-order valence-electron chi connectivity index (χ3n) is 8.54. The molecular weight excluding hydrogens is 448 g/mol. The summed E-state index contributed by atoms with van der Waals surface area (Å²) in [6, 6.07) is 17.9. The van der Waals surface area contributed by atoms with E-state index in [2.05, 4.69) is 55.5 Å². The highest BCUT2D eigenvalue weighted by Crippen LogP contribution is 2.39. The Balaban J connectivity index is 1.17. The molecule has 0 saturated heterocycles. The fourth-order valence-electron chi connectivity index (χ4n) is 6.33. The summed E-state index contributed by atoms with van der Waals surface area (Å²) in [5.74, 6) is 0. The Hall–Kier alpha value is -2.12. The molecule has 0 radical (unpaired) electrons. The van der Waals surface area contributed by atoms with Crippen molar-refractivity contribution in [3.05, 3.63) is 59.7 Å². The van der Waals surface area contributed by atoms with Crippen LogP contribution in [0.5, 0.6) is 0 Å². The third kappa shape index (κ3) is 7.47. The minimum absolute atomic E-state index is 0.450. The number of benzene rings is 4. The van der Waals surface area contributed by atoms with Gasteiger partial charge in [0.05, 0.1) is 6.10 Å². The SMILES string of the molecule is CCCCCCCCCCCCCCCCCCc1ccc2ccc3c(C(C)O)ccc4ccc1c2c43. The first kappa shape index (κ1) is 27.9. The summed E-state index contributed by atoms with van der Waals surface area (Å²) in [7, 11) is 0. The lowest BCUT2D eigenvalue weighted by molar-refractivity contribution is 0.201. The average molecular weight is 499 g/mol. The molecule has 0 spiro atoms. The van der Waals surface area contributed by atoms with Gasteiger partial charge in [0.1, 0.15) is 0 Å². The second-order valence-electron chi connectivity index (χ2n) is 11.5. The maximum atomic E-state index is 10.3. The lowest BCUT2D eigenvalue weighted by atomic mass is 9.88. The van der Waals surface area contributed by atoms with Crippen molar-refractivity contribution in [2.24, 2.45) is 0 Å². The van der Waals surface area contributed by atoms with Crippen molar-refractivity contribution in [1.29, 1.82) is 0 Å². The fraction of sp³-hybridized carbons (Fsp3) is 0.556. The largest absolute Gasteiger partial charge is 0.389 e. The predicted molar refractivity (Wildman–Crippen MR) is 164 cm³/mol. The van der Waals surface area contributed by atoms with Crippen LogP contribution in [0.25, 0.3) is 32.3 Å². The molecule has 4 rings (SSSR count). The Labute approximate surface area is 226 Å². The van der Waals surface area contributed by atoms with Crippen molar-refractivity contribution < 1.29 is 5.11 Å². The molecule has 0 saturated carbocycles. The van der Waals surface area contributed by atoms with Crippen LogP contribution in [0.4, 0.5) is 0 Å². The Morgan fingerprint density at radius 1 is 0.514 bits per heavy atom. The highest BCUT2D eigenvalue weighted by Gasteiger charge is 2.14. The average Bonchev–Trinajstić information content (AvgIpc) is 2.91. The van der Waals surface area contributed by atoms with Gasteiger partial charge in [-0.1, -0.05) is 152 Å². The number of aryl methyl sites for hydroxylation is 1. The first-order chi connectivity index (χ1) is 18.2. The normalized spacial score (nSPS) is 12.8. The van der Waals surface area contributed by atoms with Gasteiger partial charge in [-0.2, -0.15) is 0 Å². The van der Waals surface area contributed by atoms with Gasteiger partial charge < -0.3 is 5.11 Å². The zero-order valence-corrected chi connectivity index (χ0v) is 23.7. The minimum atomic E-state index is -0.450. The van der Waals surface area contributed by atoms with Crippen LogP contribution in [0.2, 0.25) is 0 Å². The predicted octanol–water partition coefficient (Wildman–Crippen LogP) is 11.4. The lowest BCUT2D eigenvalue weighted by Crippen LogP contribution is -1.95. The number of hydrogen-bond donors (Lipinski definition) is 1. The highest BCUT2D eigenvalue weighted by molar-refractivity contribution is 6.24. The molecule has 1 unspecified atom stereocenters. The van der Waals surface area contributed by atoms with Crippen LogP contribution in [0, 0.1) is 0 Å². The van der Waals surface area contributed by atoms with Crippen LogP contribution in [-0.2, 0) is 6.42 Å². The van der Waals surface area contributed by atoms with Crippen LogP contribution >= 0.6 is 0 Å². The molecule has 4 aromatic carbocycles. The van der Waals surface area contributed by atoms with Gasteiger partial charge in [-0.3, -0.25) is 0 Å². The number of aliphatic hydroxyl groups excluding tert-OH is 1. The molecule has 1 N–H and O–H groups in total. The summed E-state index contributed by atoms with van der Waals surface area (Å²) in [6.07, 6.45) is 23.3. The van der Waals surface area contributed by atoms with Crippen molar-refractivity contribution in [2.75, 3.05) is 0 Å². The summed E-state index contributed by atoms with van der Waals surface area (Å²) in [6.45, 7) is 4.17. The van der Waals surface area contributed by atoms with E-state index in [1.54, 1.807) is 0 Å². The second kappa shape index (κ2) is 14.7. The van der Waals surface area contributed by atoms with Crippen LogP contribution in [0.15, 0.2) is 48.5 Å². The topological polar surface area (TPSA) is 20.2 Å². The Bertz CT molecular complexity index is 1200. The molecular formula is C36H50O. The summed E-state index contributed by atoms with van der Waals surface area (Å²) in [4.78, 5) is 0. The molecule has 0 heterocycles. The van der Waals surface area contributed by atoms with Gasteiger partial charge in [0.15, 0.2) is 0 Å².